The highest BCUT2D eigenvalue weighted by molar-refractivity contribution is 6.07. The summed E-state index contributed by atoms with van der Waals surface area (Å²) in [6.07, 6.45) is 3.54. The van der Waals surface area contributed by atoms with Gasteiger partial charge in [-0.1, -0.05) is 51.1 Å². The fourth-order valence-corrected chi connectivity index (χ4v) is 5.05. The lowest BCUT2D eigenvalue weighted by Crippen LogP contribution is -2.39. The van der Waals surface area contributed by atoms with E-state index in [9.17, 15) is 9.59 Å². The first kappa shape index (κ1) is 19.6. The van der Waals surface area contributed by atoms with E-state index in [4.69, 9.17) is 0 Å². The monoisotopic (exact) mass is 413 g/mol. The van der Waals surface area contributed by atoms with E-state index in [-0.39, 0.29) is 17.1 Å². The Morgan fingerprint density at radius 2 is 1.84 bits per heavy atom. The smallest absolute Gasteiger partial charge is 0.227 e. The molecule has 1 unspecified atom stereocenters. The number of rotatable bonds is 2. The number of ketones is 1. The summed E-state index contributed by atoms with van der Waals surface area (Å²) in [5.74, 6) is 0.103. The Morgan fingerprint density at radius 1 is 1.10 bits per heavy atom. The van der Waals surface area contributed by atoms with Gasteiger partial charge in [-0.05, 0) is 30.0 Å². The van der Waals surface area contributed by atoms with Gasteiger partial charge in [0.25, 0.3) is 0 Å². The topological polar surface area (TPSA) is 65.2 Å². The number of amides is 1. The number of carbonyl (C=O) groups excluding carboxylic acids is 2. The van der Waals surface area contributed by atoms with Crippen LogP contribution in [0.1, 0.15) is 51.6 Å². The van der Waals surface area contributed by atoms with E-state index >= 15 is 0 Å². The molecule has 2 heterocycles. The molecule has 1 atom stereocenters. The third kappa shape index (κ3) is 3.16. The summed E-state index contributed by atoms with van der Waals surface area (Å²) >= 11 is 0. The normalized spacial score (nSPS) is 20.2. The predicted octanol–water partition coefficient (Wildman–Crippen LogP) is 5.72. The molecule has 0 saturated carbocycles. The first-order valence-electron chi connectivity index (χ1n) is 10.9. The molecule has 5 rings (SSSR count). The Balaban J connectivity index is 1.84. The molecule has 2 N–H and O–H groups in total. The quantitative estimate of drug-likeness (QED) is 0.565. The molecule has 5 heteroatoms. The predicted molar refractivity (Wildman–Crippen MR) is 124 cm³/mol. The maximum absolute atomic E-state index is 13.6. The molecule has 1 aliphatic carbocycles. The van der Waals surface area contributed by atoms with Crippen LogP contribution in [-0.2, 0) is 9.59 Å². The highest BCUT2D eigenvalue weighted by atomic mass is 16.2. The minimum Gasteiger partial charge on any atom is -0.361 e. The van der Waals surface area contributed by atoms with Crippen molar-refractivity contribution in [2.24, 2.45) is 5.41 Å². The molecular formula is C26H27N3O2. The van der Waals surface area contributed by atoms with Gasteiger partial charge in [-0.25, -0.2) is 0 Å². The van der Waals surface area contributed by atoms with Crippen LogP contribution in [0.5, 0.6) is 0 Å². The van der Waals surface area contributed by atoms with E-state index < -0.39 is 6.04 Å². The van der Waals surface area contributed by atoms with Gasteiger partial charge in [0.1, 0.15) is 0 Å². The number of hydrogen-bond donors (Lipinski definition) is 2. The fraction of sp³-hybridized carbons (Fsp3) is 0.308. The van der Waals surface area contributed by atoms with Crippen molar-refractivity contribution in [3.8, 4) is 0 Å². The van der Waals surface area contributed by atoms with Crippen molar-refractivity contribution >= 4 is 34.0 Å². The van der Waals surface area contributed by atoms with Crippen LogP contribution in [0.25, 0.3) is 10.9 Å². The van der Waals surface area contributed by atoms with Gasteiger partial charge in [-0.2, -0.15) is 0 Å². The Hall–Kier alpha value is -3.34. The number of hydrogen-bond acceptors (Lipinski definition) is 3. The molecular weight excluding hydrogens is 386 g/mol. The number of nitrogens with zero attached hydrogens (tertiary/aromatic N) is 1. The number of Topliss-reactive ketones (excluding diaryl/α,β-unsaturated/α-hetero) is 1. The molecule has 1 aromatic heterocycles. The number of carbonyl (C=O) groups is 2. The zero-order chi connectivity index (χ0) is 21.8. The number of benzene rings is 2. The molecule has 5 nitrogen and oxygen atoms in total. The summed E-state index contributed by atoms with van der Waals surface area (Å²) in [5.41, 5.74) is 5.13. The number of H-pyrrole nitrogens is 1. The number of allylic oxidation sites excluding steroid dienone is 1. The second-order valence-corrected chi connectivity index (χ2v) is 9.28. The molecule has 1 amide bonds. The van der Waals surface area contributed by atoms with Crippen molar-refractivity contribution in [2.45, 2.75) is 46.1 Å². The van der Waals surface area contributed by atoms with E-state index in [1.807, 2.05) is 60.5 Å². The van der Waals surface area contributed by atoms with Crippen molar-refractivity contribution in [1.29, 1.82) is 0 Å². The van der Waals surface area contributed by atoms with Crippen LogP contribution in [0.3, 0.4) is 0 Å². The van der Waals surface area contributed by atoms with Gasteiger partial charge in [-0.3, -0.25) is 14.5 Å². The van der Waals surface area contributed by atoms with E-state index in [1.165, 1.54) is 0 Å². The van der Waals surface area contributed by atoms with Gasteiger partial charge in [0, 0.05) is 46.8 Å². The van der Waals surface area contributed by atoms with Crippen LogP contribution in [0.4, 0.5) is 11.4 Å². The number of aromatic amines is 1. The molecule has 0 fully saturated rings. The molecule has 0 radical (unpaired) electrons. The lowest BCUT2D eigenvalue weighted by molar-refractivity contribution is -0.119. The van der Waals surface area contributed by atoms with E-state index in [0.29, 0.717) is 18.4 Å². The fourth-order valence-electron chi connectivity index (χ4n) is 5.05. The van der Waals surface area contributed by atoms with Crippen LogP contribution >= 0.6 is 0 Å². The van der Waals surface area contributed by atoms with Gasteiger partial charge in [0.05, 0.1) is 17.4 Å². The van der Waals surface area contributed by atoms with Gasteiger partial charge < -0.3 is 10.3 Å². The Labute approximate surface area is 182 Å². The van der Waals surface area contributed by atoms with Crippen LogP contribution in [0, 0.1) is 5.41 Å². The molecule has 31 heavy (non-hydrogen) atoms. The second-order valence-electron chi connectivity index (χ2n) is 9.28. The Bertz CT molecular complexity index is 1230. The second kappa shape index (κ2) is 7.12. The maximum atomic E-state index is 13.6. The van der Waals surface area contributed by atoms with Gasteiger partial charge in [-0.15, -0.1) is 0 Å². The molecule has 1 aliphatic heterocycles. The number of nitrogens with one attached hydrogen (secondary N) is 2. The number of fused-ring (bicyclic) bond motifs is 2. The average Bonchev–Trinajstić information content (AvgIpc) is 3.10. The summed E-state index contributed by atoms with van der Waals surface area (Å²) in [6, 6.07) is 15.4. The zero-order valence-electron chi connectivity index (χ0n) is 18.2. The molecule has 2 aliphatic rings. The summed E-state index contributed by atoms with van der Waals surface area (Å²) in [4.78, 5) is 32.2. The Morgan fingerprint density at radius 3 is 2.65 bits per heavy atom. The van der Waals surface area contributed by atoms with E-state index in [2.05, 4.69) is 30.2 Å². The molecule has 0 spiro atoms. The highest BCUT2D eigenvalue weighted by Crippen LogP contribution is 2.49. The SMILES string of the molecule is CCC(=O)N1c2ccccc2NC2=C(C(=O)CC(C)(C)C2)C1c1c[nH]c2ccccc12. The van der Waals surface area contributed by atoms with Crippen LogP contribution in [0.15, 0.2) is 66.0 Å². The van der Waals surface area contributed by atoms with E-state index in [0.717, 1.165) is 40.0 Å². The molecule has 2 aromatic carbocycles. The van der Waals surface area contributed by atoms with Crippen LogP contribution in [0.2, 0.25) is 0 Å². The van der Waals surface area contributed by atoms with Gasteiger partial charge in [0.2, 0.25) is 5.91 Å². The number of para-hydroxylation sites is 3. The van der Waals surface area contributed by atoms with E-state index in [1.54, 1.807) is 0 Å². The minimum atomic E-state index is -0.474. The number of aromatic nitrogens is 1. The molecule has 158 valence electrons. The van der Waals surface area contributed by atoms with Crippen molar-refractivity contribution in [2.75, 3.05) is 10.2 Å². The average molecular weight is 414 g/mol. The standard InChI is InChI=1S/C26H27N3O2/c1-4-23(31)29-21-12-8-7-11-19(21)28-20-13-26(2,3)14-22(30)24(20)25(29)17-15-27-18-10-6-5-9-16(17)18/h5-12,15,25,27-28H,4,13-14H2,1-3H3. The lowest BCUT2D eigenvalue weighted by Gasteiger charge is -2.36. The summed E-state index contributed by atoms with van der Waals surface area (Å²) in [5, 5.41) is 4.58. The maximum Gasteiger partial charge on any atom is 0.227 e. The van der Waals surface area contributed by atoms with Crippen molar-refractivity contribution in [1.82, 2.24) is 4.98 Å². The third-order valence-electron chi connectivity index (χ3n) is 6.39. The Kier molecular flexibility index (Phi) is 4.50. The van der Waals surface area contributed by atoms with Crippen molar-refractivity contribution in [3.63, 3.8) is 0 Å². The van der Waals surface area contributed by atoms with Gasteiger partial charge in [0.15, 0.2) is 5.78 Å². The number of anilines is 2. The van der Waals surface area contributed by atoms with Gasteiger partial charge >= 0.3 is 0 Å². The highest BCUT2D eigenvalue weighted by Gasteiger charge is 2.43. The first-order chi connectivity index (χ1) is 14.9. The largest absolute Gasteiger partial charge is 0.361 e. The van der Waals surface area contributed by atoms with Crippen molar-refractivity contribution < 1.29 is 9.59 Å². The summed E-state index contributed by atoms with van der Waals surface area (Å²) in [7, 11) is 0. The minimum absolute atomic E-state index is 0.00378. The van der Waals surface area contributed by atoms with Crippen LogP contribution in [-0.4, -0.2) is 16.7 Å². The lowest BCUT2D eigenvalue weighted by atomic mass is 9.73. The van der Waals surface area contributed by atoms with Crippen molar-refractivity contribution in [3.05, 3.63) is 71.6 Å². The summed E-state index contributed by atoms with van der Waals surface area (Å²) in [6.45, 7) is 6.13. The summed E-state index contributed by atoms with van der Waals surface area (Å²) < 4.78 is 0. The molecule has 0 saturated heterocycles. The third-order valence-corrected chi connectivity index (χ3v) is 6.39. The van der Waals surface area contributed by atoms with Crippen LogP contribution < -0.4 is 10.2 Å². The molecule has 0 bridgehead atoms. The molecule has 3 aromatic rings. The first-order valence-corrected chi connectivity index (χ1v) is 10.9. The zero-order valence-corrected chi connectivity index (χ0v) is 18.2.